The van der Waals surface area contributed by atoms with Gasteiger partial charge in [-0.25, -0.2) is 0 Å². The number of para-hydroxylation sites is 1. The number of H-pyrrole nitrogens is 1. The summed E-state index contributed by atoms with van der Waals surface area (Å²) in [5, 5.41) is 5.00. The second kappa shape index (κ2) is 7.03. The van der Waals surface area contributed by atoms with Crippen molar-refractivity contribution in [2.45, 2.75) is 37.4 Å². The molecule has 1 saturated carbocycles. The number of amides is 1. The molecule has 1 aliphatic carbocycles. The minimum Gasteiger partial charge on any atom is -0.361 e. The zero-order chi connectivity index (χ0) is 14.5. The number of carbonyl (C=O) groups is 1. The van der Waals surface area contributed by atoms with Crippen molar-refractivity contribution >= 4 is 28.6 Å². The lowest BCUT2D eigenvalue weighted by atomic mass is 10.1. The van der Waals surface area contributed by atoms with Gasteiger partial charge in [0.2, 0.25) is 5.91 Å². The predicted molar refractivity (Wildman–Crippen MR) is 89.7 cm³/mol. The van der Waals surface area contributed by atoms with Crippen LogP contribution in [0.2, 0.25) is 0 Å². The summed E-state index contributed by atoms with van der Waals surface area (Å²) in [6, 6.07) is 8.29. The van der Waals surface area contributed by atoms with Gasteiger partial charge in [-0.2, -0.15) is 0 Å². The second-order valence-electron chi connectivity index (χ2n) is 5.68. The van der Waals surface area contributed by atoms with E-state index < -0.39 is 0 Å². The summed E-state index contributed by atoms with van der Waals surface area (Å²) in [6.45, 7) is 0.714. The molecule has 0 radical (unpaired) electrons. The second-order valence-corrected chi connectivity index (χ2v) is 6.97. The van der Waals surface area contributed by atoms with Crippen LogP contribution in [0.4, 0.5) is 0 Å². The summed E-state index contributed by atoms with van der Waals surface area (Å²) < 4.78 is 0. The molecule has 1 aromatic carbocycles. The number of aromatic amines is 1. The fraction of sp³-hybridized carbons (Fsp3) is 0.471. The van der Waals surface area contributed by atoms with E-state index in [9.17, 15) is 4.79 Å². The van der Waals surface area contributed by atoms with Crippen LogP contribution >= 0.6 is 11.8 Å². The van der Waals surface area contributed by atoms with E-state index in [-0.39, 0.29) is 5.91 Å². The first-order chi connectivity index (χ1) is 10.3. The van der Waals surface area contributed by atoms with Crippen LogP contribution in [0.25, 0.3) is 10.9 Å². The smallest absolute Gasteiger partial charge is 0.230 e. The average Bonchev–Trinajstić information content (AvgIpc) is 3.15. The number of hydrogen-bond acceptors (Lipinski definition) is 2. The molecule has 21 heavy (non-hydrogen) atoms. The van der Waals surface area contributed by atoms with Crippen molar-refractivity contribution in [3.05, 3.63) is 36.0 Å². The first-order valence-corrected chi connectivity index (χ1v) is 8.81. The van der Waals surface area contributed by atoms with E-state index in [1.807, 2.05) is 24.0 Å². The lowest BCUT2D eigenvalue weighted by molar-refractivity contribution is -0.118. The van der Waals surface area contributed by atoms with Gasteiger partial charge in [0.25, 0.3) is 0 Å². The molecule has 1 amide bonds. The van der Waals surface area contributed by atoms with Crippen LogP contribution in [0.15, 0.2) is 30.5 Å². The monoisotopic (exact) mass is 302 g/mol. The first kappa shape index (κ1) is 14.5. The van der Waals surface area contributed by atoms with Gasteiger partial charge in [0, 0.05) is 28.9 Å². The molecule has 3 nitrogen and oxygen atoms in total. The SMILES string of the molecule is O=C(CSC1CCCC1)NCCc1c[nH]c2ccccc12. The van der Waals surface area contributed by atoms with Gasteiger partial charge in [0.05, 0.1) is 5.75 Å². The molecule has 1 heterocycles. The molecule has 0 atom stereocenters. The molecular formula is C17H22N2OS. The molecule has 1 fully saturated rings. The Morgan fingerprint density at radius 3 is 2.95 bits per heavy atom. The average molecular weight is 302 g/mol. The van der Waals surface area contributed by atoms with Crippen molar-refractivity contribution < 1.29 is 4.79 Å². The van der Waals surface area contributed by atoms with Gasteiger partial charge in [-0.1, -0.05) is 31.0 Å². The number of benzene rings is 1. The third-order valence-corrected chi connectivity index (χ3v) is 5.52. The van der Waals surface area contributed by atoms with Crippen LogP contribution in [0.1, 0.15) is 31.2 Å². The summed E-state index contributed by atoms with van der Waals surface area (Å²) >= 11 is 1.82. The highest BCUT2D eigenvalue weighted by Gasteiger charge is 2.16. The first-order valence-electron chi connectivity index (χ1n) is 7.76. The van der Waals surface area contributed by atoms with Crippen molar-refractivity contribution in [1.29, 1.82) is 0 Å². The maximum atomic E-state index is 11.9. The summed E-state index contributed by atoms with van der Waals surface area (Å²) in [6.07, 6.45) is 8.16. The number of rotatable bonds is 6. The Bertz CT molecular complexity index is 602. The van der Waals surface area contributed by atoms with Crippen molar-refractivity contribution in [1.82, 2.24) is 10.3 Å². The molecule has 112 valence electrons. The van der Waals surface area contributed by atoms with Crippen molar-refractivity contribution in [2.75, 3.05) is 12.3 Å². The molecule has 4 heteroatoms. The Balaban J connectivity index is 1.42. The lowest BCUT2D eigenvalue weighted by Crippen LogP contribution is -2.27. The molecule has 1 aromatic heterocycles. The van der Waals surface area contributed by atoms with E-state index in [4.69, 9.17) is 0 Å². The lowest BCUT2D eigenvalue weighted by Gasteiger charge is -2.09. The maximum Gasteiger partial charge on any atom is 0.230 e. The van der Waals surface area contributed by atoms with E-state index in [0.29, 0.717) is 17.5 Å². The van der Waals surface area contributed by atoms with Gasteiger partial charge < -0.3 is 10.3 Å². The van der Waals surface area contributed by atoms with Crippen LogP contribution in [-0.4, -0.2) is 28.4 Å². The van der Waals surface area contributed by atoms with Crippen LogP contribution in [0.5, 0.6) is 0 Å². The fourth-order valence-corrected chi connectivity index (χ4v) is 4.13. The summed E-state index contributed by atoms with van der Waals surface area (Å²) in [7, 11) is 0. The molecule has 0 unspecified atom stereocenters. The summed E-state index contributed by atoms with van der Waals surface area (Å²) in [5.74, 6) is 0.783. The molecule has 1 aliphatic rings. The molecule has 2 aromatic rings. The molecule has 0 spiro atoms. The number of hydrogen-bond donors (Lipinski definition) is 2. The molecule has 0 saturated heterocycles. The van der Waals surface area contributed by atoms with Gasteiger partial charge >= 0.3 is 0 Å². The van der Waals surface area contributed by atoms with E-state index in [0.717, 1.165) is 11.9 Å². The van der Waals surface area contributed by atoms with Crippen molar-refractivity contribution in [2.24, 2.45) is 0 Å². The van der Waals surface area contributed by atoms with Gasteiger partial charge in [-0.15, -0.1) is 11.8 Å². The summed E-state index contributed by atoms with van der Waals surface area (Å²) in [5.41, 5.74) is 2.44. The standard InChI is InChI=1S/C17H22N2OS/c20-17(12-21-14-5-1-2-6-14)18-10-9-13-11-19-16-8-4-3-7-15(13)16/h3-4,7-8,11,14,19H,1-2,5-6,9-10,12H2,(H,18,20). The maximum absolute atomic E-state index is 11.9. The number of nitrogens with one attached hydrogen (secondary N) is 2. The number of thioether (sulfide) groups is 1. The normalized spacial score (nSPS) is 15.6. The Kier molecular flexibility index (Phi) is 4.86. The third kappa shape index (κ3) is 3.82. The third-order valence-electron chi connectivity index (χ3n) is 4.14. The highest BCUT2D eigenvalue weighted by Crippen LogP contribution is 2.29. The van der Waals surface area contributed by atoms with Gasteiger partial charge in [0.1, 0.15) is 0 Å². The molecule has 0 aliphatic heterocycles. The van der Waals surface area contributed by atoms with E-state index in [1.165, 1.54) is 36.6 Å². The molecule has 2 N–H and O–H groups in total. The van der Waals surface area contributed by atoms with E-state index in [1.54, 1.807) is 0 Å². The highest BCUT2D eigenvalue weighted by atomic mass is 32.2. The van der Waals surface area contributed by atoms with Gasteiger partial charge in [-0.3, -0.25) is 4.79 Å². The van der Waals surface area contributed by atoms with Crippen LogP contribution in [0.3, 0.4) is 0 Å². The zero-order valence-electron chi connectivity index (χ0n) is 12.2. The topological polar surface area (TPSA) is 44.9 Å². The predicted octanol–water partition coefficient (Wildman–Crippen LogP) is 3.50. The van der Waals surface area contributed by atoms with Crippen molar-refractivity contribution in [3.63, 3.8) is 0 Å². The number of carbonyl (C=O) groups excluding carboxylic acids is 1. The highest BCUT2D eigenvalue weighted by molar-refractivity contribution is 8.00. The minimum atomic E-state index is 0.173. The van der Waals surface area contributed by atoms with Crippen LogP contribution in [-0.2, 0) is 11.2 Å². The minimum absolute atomic E-state index is 0.173. The number of aromatic nitrogens is 1. The molecule has 0 bridgehead atoms. The Morgan fingerprint density at radius 1 is 1.29 bits per heavy atom. The fourth-order valence-electron chi connectivity index (χ4n) is 2.97. The Labute approximate surface area is 129 Å². The van der Waals surface area contributed by atoms with E-state index >= 15 is 0 Å². The van der Waals surface area contributed by atoms with Crippen LogP contribution < -0.4 is 5.32 Å². The Hall–Kier alpha value is -1.42. The molecule has 3 rings (SSSR count). The Morgan fingerprint density at radius 2 is 2.10 bits per heavy atom. The largest absolute Gasteiger partial charge is 0.361 e. The molecular weight excluding hydrogens is 280 g/mol. The zero-order valence-corrected chi connectivity index (χ0v) is 13.0. The van der Waals surface area contributed by atoms with Crippen LogP contribution in [0, 0.1) is 0 Å². The van der Waals surface area contributed by atoms with Gasteiger partial charge in [-0.05, 0) is 30.9 Å². The van der Waals surface area contributed by atoms with E-state index in [2.05, 4.69) is 28.5 Å². The van der Waals surface area contributed by atoms with Crippen molar-refractivity contribution in [3.8, 4) is 0 Å². The quantitative estimate of drug-likeness (QED) is 0.858. The number of fused-ring (bicyclic) bond motifs is 1. The summed E-state index contributed by atoms with van der Waals surface area (Å²) in [4.78, 5) is 15.1. The van der Waals surface area contributed by atoms with Gasteiger partial charge in [0.15, 0.2) is 0 Å².